The number of carbonyl (C=O) groups is 2. The highest BCUT2D eigenvalue weighted by molar-refractivity contribution is 5.91. The molecule has 1 N–H and O–H groups in total. The molecule has 5 heteroatoms. The summed E-state index contributed by atoms with van der Waals surface area (Å²) in [4.78, 5) is 28.0. The van der Waals surface area contributed by atoms with Crippen molar-refractivity contribution in [3.8, 4) is 5.75 Å². The normalized spacial score (nSPS) is 17.2. The molecule has 0 aliphatic carbocycles. The monoisotopic (exact) mass is 394 g/mol. The van der Waals surface area contributed by atoms with Gasteiger partial charge in [0.1, 0.15) is 11.8 Å². The predicted octanol–water partition coefficient (Wildman–Crippen LogP) is 3.74. The number of hydrogen-bond acceptors (Lipinski definition) is 3. The lowest BCUT2D eigenvalue weighted by atomic mass is 9.87. The molecular weight excluding hydrogens is 364 g/mol. The molecule has 154 valence electrons. The highest BCUT2D eigenvalue weighted by Gasteiger charge is 2.38. The van der Waals surface area contributed by atoms with Crippen molar-refractivity contribution in [2.45, 2.75) is 45.2 Å². The molecule has 2 aromatic carbocycles. The molecule has 5 nitrogen and oxygen atoms in total. The second-order valence-corrected chi connectivity index (χ2v) is 7.89. The Balaban J connectivity index is 1.71. The van der Waals surface area contributed by atoms with Crippen LogP contribution in [0.5, 0.6) is 5.75 Å². The van der Waals surface area contributed by atoms with E-state index < -0.39 is 6.04 Å². The Bertz CT molecular complexity index is 818. The zero-order chi connectivity index (χ0) is 20.8. The molecule has 1 unspecified atom stereocenters. The Kier molecular flexibility index (Phi) is 6.91. The molecule has 29 heavy (non-hydrogen) atoms. The van der Waals surface area contributed by atoms with Gasteiger partial charge in [0.2, 0.25) is 11.8 Å². The fraction of sp³-hybridized carbons (Fsp3) is 0.417. The third-order valence-corrected chi connectivity index (χ3v) is 5.56. The lowest BCUT2D eigenvalue weighted by Crippen LogP contribution is -2.47. The molecule has 0 radical (unpaired) electrons. The molecule has 2 amide bonds. The quantitative estimate of drug-likeness (QED) is 0.778. The number of amides is 2. The van der Waals surface area contributed by atoms with Gasteiger partial charge in [-0.2, -0.15) is 0 Å². The van der Waals surface area contributed by atoms with Crippen molar-refractivity contribution < 1.29 is 14.3 Å². The maximum Gasteiger partial charge on any atom is 0.243 e. The van der Waals surface area contributed by atoms with Gasteiger partial charge in [0.05, 0.1) is 13.0 Å². The Hall–Kier alpha value is -2.82. The second kappa shape index (κ2) is 9.59. The summed E-state index contributed by atoms with van der Waals surface area (Å²) in [6.45, 7) is 5.20. The molecule has 0 saturated carbocycles. The third kappa shape index (κ3) is 4.97. The number of ether oxygens (including phenoxy) is 1. The molecular formula is C24H30N2O3. The molecule has 0 spiro atoms. The summed E-state index contributed by atoms with van der Waals surface area (Å²) >= 11 is 0. The van der Waals surface area contributed by atoms with Crippen LogP contribution < -0.4 is 10.1 Å². The Morgan fingerprint density at radius 3 is 2.41 bits per heavy atom. The van der Waals surface area contributed by atoms with Gasteiger partial charge in [-0.15, -0.1) is 0 Å². The van der Waals surface area contributed by atoms with E-state index in [2.05, 4.69) is 5.32 Å². The number of methoxy groups -OCH3 is 1. The Labute approximate surface area is 173 Å². The molecule has 1 fully saturated rings. The zero-order valence-electron chi connectivity index (χ0n) is 17.4. The van der Waals surface area contributed by atoms with Crippen LogP contribution in [-0.2, 0) is 16.1 Å². The summed E-state index contributed by atoms with van der Waals surface area (Å²) in [6, 6.07) is 17.1. The predicted molar refractivity (Wildman–Crippen MR) is 114 cm³/mol. The minimum atomic E-state index is -0.397. The molecule has 1 aliphatic rings. The Morgan fingerprint density at radius 1 is 1.10 bits per heavy atom. The topological polar surface area (TPSA) is 58.6 Å². The first kappa shape index (κ1) is 20.9. The number of rotatable bonds is 7. The smallest absolute Gasteiger partial charge is 0.243 e. The van der Waals surface area contributed by atoms with Crippen LogP contribution in [-0.4, -0.2) is 36.4 Å². The molecule has 0 aromatic heterocycles. The number of likely N-dealkylation sites (tertiary alicyclic amines) is 1. The average molecular weight is 395 g/mol. The fourth-order valence-electron chi connectivity index (χ4n) is 4.01. The van der Waals surface area contributed by atoms with Crippen LogP contribution in [0.4, 0.5) is 0 Å². The maximum atomic E-state index is 13.4. The van der Waals surface area contributed by atoms with E-state index in [9.17, 15) is 9.59 Å². The number of nitrogens with one attached hydrogen (secondary N) is 1. The largest absolute Gasteiger partial charge is 0.497 e. The summed E-state index contributed by atoms with van der Waals surface area (Å²) in [5.74, 6) is 0.579. The fourth-order valence-corrected chi connectivity index (χ4v) is 4.01. The van der Waals surface area contributed by atoms with Gasteiger partial charge in [-0.05, 0) is 42.0 Å². The number of nitrogens with zero attached hydrogens (tertiary/aromatic N) is 1. The summed E-state index contributed by atoms with van der Waals surface area (Å²) in [6.07, 6.45) is 1.56. The van der Waals surface area contributed by atoms with Gasteiger partial charge in [-0.1, -0.05) is 56.3 Å². The van der Waals surface area contributed by atoms with Crippen molar-refractivity contribution in [1.29, 1.82) is 0 Å². The van der Waals surface area contributed by atoms with Crippen molar-refractivity contribution in [1.82, 2.24) is 10.2 Å². The van der Waals surface area contributed by atoms with E-state index in [0.717, 1.165) is 23.3 Å². The van der Waals surface area contributed by atoms with Crippen molar-refractivity contribution in [2.24, 2.45) is 5.92 Å². The molecule has 1 saturated heterocycles. The molecule has 2 atom stereocenters. The van der Waals surface area contributed by atoms with Crippen LogP contribution in [0.15, 0.2) is 54.6 Å². The van der Waals surface area contributed by atoms with Gasteiger partial charge in [-0.3, -0.25) is 9.59 Å². The first-order valence-corrected chi connectivity index (χ1v) is 10.3. The molecule has 2 aromatic rings. The van der Waals surface area contributed by atoms with Gasteiger partial charge in [0.25, 0.3) is 0 Å². The van der Waals surface area contributed by atoms with Gasteiger partial charge >= 0.3 is 0 Å². The summed E-state index contributed by atoms with van der Waals surface area (Å²) in [5.41, 5.74) is 2.01. The van der Waals surface area contributed by atoms with E-state index in [4.69, 9.17) is 4.74 Å². The lowest BCUT2D eigenvalue weighted by Gasteiger charge is -2.30. The van der Waals surface area contributed by atoms with E-state index >= 15 is 0 Å². The standard InChI is InChI=1S/C24H30N2O3/c1-17(2)22(19-11-13-20(29-3)14-12-19)24(28)26-15-7-10-21(26)23(27)25-16-18-8-5-4-6-9-18/h4-6,8-9,11-14,17,21-22H,7,10,15-16H2,1-3H3,(H,25,27)/t21-,22?/m0/s1. The van der Waals surface area contributed by atoms with Crippen molar-refractivity contribution in [3.63, 3.8) is 0 Å². The minimum absolute atomic E-state index is 0.0301. The first-order chi connectivity index (χ1) is 14.0. The van der Waals surface area contributed by atoms with Crippen molar-refractivity contribution >= 4 is 11.8 Å². The third-order valence-electron chi connectivity index (χ3n) is 5.56. The van der Waals surface area contributed by atoms with Crippen LogP contribution in [0, 0.1) is 5.92 Å². The van der Waals surface area contributed by atoms with Crippen LogP contribution in [0.3, 0.4) is 0 Å². The molecule has 3 rings (SSSR count). The van der Waals surface area contributed by atoms with Crippen LogP contribution in [0.2, 0.25) is 0 Å². The van der Waals surface area contributed by atoms with E-state index in [-0.39, 0.29) is 23.7 Å². The number of carbonyl (C=O) groups excluding carboxylic acids is 2. The second-order valence-electron chi connectivity index (χ2n) is 7.89. The van der Waals surface area contributed by atoms with Gasteiger partial charge in [0.15, 0.2) is 0 Å². The zero-order valence-corrected chi connectivity index (χ0v) is 17.4. The van der Waals surface area contributed by atoms with Gasteiger partial charge in [0, 0.05) is 13.1 Å². The number of hydrogen-bond donors (Lipinski definition) is 1. The number of benzene rings is 2. The van der Waals surface area contributed by atoms with Crippen LogP contribution >= 0.6 is 0 Å². The van der Waals surface area contributed by atoms with Crippen molar-refractivity contribution in [3.05, 3.63) is 65.7 Å². The Morgan fingerprint density at radius 2 is 1.79 bits per heavy atom. The maximum absolute atomic E-state index is 13.4. The first-order valence-electron chi connectivity index (χ1n) is 10.3. The molecule has 1 aliphatic heterocycles. The van der Waals surface area contributed by atoms with E-state index in [0.29, 0.717) is 19.5 Å². The minimum Gasteiger partial charge on any atom is -0.497 e. The summed E-state index contributed by atoms with van der Waals surface area (Å²) in [7, 11) is 1.63. The highest BCUT2D eigenvalue weighted by atomic mass is 16.5. The molecule has 0 bridgehead atoms. The van der Waals surface area contributed by atoms with E-state index in [1.165, 1.54) is 0 Å². The SMILES string of the molecule is COc1ccc(C(C(=O)N2CCC[C@H]2C(=O)NCc2ccccc2)C(C)C)cc1. The van der Waals surface area contributed by atoms with Crippen molar-refractivity contribution in [2.75, 3.05) is 13.7 Å². The van der Waals surface area contributed by atoms with E-state index in [1.807, 2.05) is 68.4 Å². The highest BCUT2D eigenvalue weighted by Crippen LogP contribution is 2.31. The molecule has 1 heterocycles. The van der Waals surface area contributed by atoms with Crippen LogP contribution in [0.1, 0.15) is 43.7 Å². The van der Waals surface area contributed by atoms with Crippen LogP contribution in [0.25, 0.3) is 0 Å². The lowest BCUT2D eigenvalue weighted by molar-refractivity contribution is -0.140. The summed E-state index contributed by atoms with van der Waals surface area (Å²) < 4.78 is 5.23. The van der Waals surface area contributed by atoms with E-state index in [1.54, 1.807) is 12.0 Å². The van der Waals surface area contributed by atoms with Gasteiger partial charge < -0.3 is 15.0 Å². The average Bonchev–Trinajstić information content (AvgIpc) is 3.23. The summed E-state index contributed by atoms with van der Waals surface area (Å²) in [5, 5.41) is 3.00. The van der Waals surface area contributed by atoms with Gasteiger partial charge in [-0.25, -0.2) is 0 Å².